The Hall–Kier alpha value is 0.361. The minimum atomic E-state index is -6.60. The first-order valence-electron chi connectivity index (χ1n) is 5.23. The zero-order valence-electron chi connectivity index (χ0n) is 13.1. The second-order valence-corrected chi connectivity index (χ2v) is 11.2. The third-order valence-corrected chi connectivity index (χ3v) is 7.61. The number of sulfonamides is 4. The van der Waals surface area contributed by atoms with Crippen molar-refractivity contribution in [2.45, 2.75) is 22.0 Å². The summed E-state index contributed by atoms with van der Waals surface area (Å²) in [7, 11) is -26.4. The minimum absolute atomic E-state index is 0. The van der Waals surface area contributed by atoms with Crippen LogP contribution in [0.25, 0.3) is 0 Å². The summed E-state index contributed by atoms with van der Waals surface area (Å²) >= 11 is 0. The quantitative estimate of drug-likeness (QED) is 0.322. The molecule has 0 saturated carbocycles. The average Bonchev–Trinajstić information content (AvgIpc) is 2.30. The molecule has 0 aliphatic carbocycles. The van der Waals surface area contributed by atoms with E-state index in [9.17, 15) is 86.4 Å². The number of rotatable bonds is 4. The Morgan fingerprint density at radius 1 is 0.355 bits per heavy atom. The van der Waals surface area contributed by atoms with Crippen LogP contribution in [0, 0.1) is 0 Å². The number of alkyl halides is 12. The monoisotopic (exact) mass is 650 g/mol. The van der Waals surface area contributed by atoms with Crippen molar-refractivity contribution in [3.8, 4) is 0 Å². The summed E-state index contributed by atoms with van der Waals surface area (Å²) in [5.74, 6) is 0. The third-order valence-electron chi connectivity index (χ3n) is 1.66. The molecule has 2 N–H and O–H groups in total. The van der Waals surface area contributed by atoms with Crippen LogP contribution < -0.4 is 8.25 Å². The second-order valence-electron chi connectivity index (χ2n) is 3.96. The Bertz CT molecular complexity index is 862. The van der Waals surface area contributed by atoms with Crippen molar-refractivity contribution in [3.63, 3.8) is 0 Å². The van der Waals surface area contributed by atoms with Crippen molar-refractivity contribution >= 4 is 85.6 Å². The Balaban J connectivity index is -0.000000490. The molecule has 0 fully saturated rings. The Morgan fingerprint density at radius 2 is 0.452 bits per heavy atom. The molecule has 2 radical (unpaired) electrons. The normalized spacial score (nSPS) is 14.8. The van der Waals surface area contributed by atoms with E-state index in [2.05, 4.69) is 0 Å². The van der Waals surface area contributed by atoms with E-state index in [1.54, 1.807) is 0 Å². The summed E-state index contributed by atoms with van der Waals surface area (Å²) in [5.41, 5.74) is -24.6. The molecule has 0 heterocycles. The number of nitrogens with one attached hydrogen (secondary N) is 2. The van der Waals surface area contributed by atoms with E-state index >= 15 is 0 Å². The van der Waals surface area contributed by atoms with E-state index in [-0.39, 0.29) is 45.5 Å². The SMILES string of the molecule is O=S(=O)(NS(=O)(=O)C(F)(F)F)C(F)(F)F.O=S(=O)(NS(=O)(=O)C(F)(F)F)C(F)(F)F.[Sr]. The zero-order valence-corrected chi connectivity index (χ0v) is 19.9. The molecular formula is C4H2F12N2O8S4Sr. The van der Waals surface area contributed by atoms with E-state index in [1.165, 1.54) is 0 Å². The molecule has 0 aliphatic heterocycles. The van der Waals surface area contributed by atoms with Gasteiger partial charge in [-0.25, -0.2) is 33.7 Å². The largest absolute Gasteiger partial charge is 0.512 e. The summed E-state index contributed by atoms with van der Waals surface area (Å²) in [5, 5.41) is 0. The molecular weight excluding hydrogens is 648 g/mol. The maximum absolute atomic E-state index is 11.5. The molecule has 0 aromatic heterocycles. The number of hydrogen-bond acceptors (Lipinski definition) is 8. The topological polar surface area (TPSA) is 161 Å². The van der Waals surface area contributed by atoms with E-state index in [1.807, 2.05) is 0 Å². The summed E-state index contributed by atoms with van der Waals surface area (Å²) in [6.07, 6.45) is 0. The fraction of sp³-hybridized carbons (Fsp3) is 1.00. The van der Waals surface area contributed by atoms with Crippen molar-refractivity contribution in [2.24, 2.45) is 0 Å². The van der Waals surface area contributed by atoms with Gasteiger partial charge >= 0.3 is 62.1 Å². The van der Waals surface area contributed by atoms with E-state index in [4.69, 9.17) is 0 Å². The number of halogens is 12. The van der Waals surface area contributed by atoms with Gasteiger partial charge in [-0.2, -0.15) is 52.7 Å². The molecule has 186 valence electrons. The van der Waals surface area contributed by atoms with Gasteiger partial charge in [0.05, 0.1) is 0 Å². The molecule has 0 saturated heterocycles. The molecule has 0 spiro atoms. The molecule has 0 unspecified atom stereocenters. The van der Waals surface area contributed by atoms with Gasteiger partial charge in [0.15, 0.2) is 0 Å². The molecule has 0 rings (SSSR count). The van der Waals surface area contributed by atoms with Gasteiger partial charge in [-0.15, -0.1) is 0 Å². The Kier molecular flexibility index (Phi) is 12.0. The maximum atomic E-state index is 11.5. The molecule has 0 aromatic rings. The van der Waals surface area contributed by atoms with Gasteiger partial charge < -0.3 is 0 Å². The minimum Gasteiger partial charge on any atom is -0.202 e. The molecule has 27 heteroatoms. The third kappa shape index (κ3) is 10.4. The zero-order chi connectivity index (χ0) is 25.4. The smallest absolute Gasteiger partial charge is 0.202 e. The fourth-order valence-electron chi connectivity index (χ4n) is 0.478. The van der Waals surface area contributed by atoms with Gasteiger partial charge in [0.25, 0.3) is 0 Å². The van der Waals surface area contributed by atoms with E-state index < -0.39 is 70.4 Å². The van der Waals surface area contributed by atoms with Gasteiger partial charge in [0.2, 0.25) is 0 Å². The van der Waals surface area contributed by atoms with Gasteiger partial charge in [0.1, 0.15) is 0 Å². The van der Waals surface area contributed by atoms with Crippen molar-refractivity contribution in [1.29, 1.82) is 0 Å². The van der Waals surface area contributed by atoms with Gasteiger partial charge in [-0.1, -0.05) is 8.25 Å². The molecule has 0 amide bonds. The van der Waals surface area contributed by atoms with Crippen LogP contribution in [0.2, 0.25) is 0 Å². The molecule has 0 aromatic carbocycles. The predicted molar refractivity (Wildman–Crippen MR) is 71.9 cm³/mol. The van der Waals surface area contributed by atoms with Crippen LogP contribution in [0.5, 0.6) is 0 Å². The fourth-order valence-corrected chi connectivity index (χ4v) is 4.30. The van der Waals surface area contributed by atoms with Crippen LogP contribution in [0.3, 0.4) is 0 Å². The van der Waals surface area contributed by atoms with Crippen LogP contribution >= 0.6 is 0 Å². The molecule has 0 aliphatic rings. The molecule has 10 nitrogen and oxygen atoms in total. The summed E-state index contributed by atoms with van der Waals surface area (Å²) < 4.78 is 217. The summed E-state index contributed by atoms with van der Waals surface area (Å²) in [6, 6.07) is 0. The van der Waals surface area contributed by atoms with Crippen molar-refractivity contribution < 1.29 is 86.4 Å². The Labute approximate surface area is 200 Å². The first-order chi connectivity index (χ1) is 12.4. The molecule has 31 heavy (non-hydrogen) atoms. The van der Waals surface area contributed by atoms with Gasteiger partial charge in [0, 0.05) is 45.5 Å². The predicted octanol–water partition coefficient (Wildman–Crippen LogP) is 0.170. The summed E-state index contributed by atoms with van der Waals surface area (Å²) in [6.45, 7) is 0. The van der Waals surface area contributed by atoms with E-state index in [0.717, 1.165) is 0 Å². The van der Waals surface area contributed by atoms with Crippen LogP contribution in [-0.2, 0) is 40.1 Å². The second kappa shape index (κ2) is 10.3. The standard InChI is InChI=1S/2C2HF6NO4S2.Sr/c2*3-1(4,5)14(10,11)9-15(12,13)2(6,7)8;/h2*9H;. The van der Waals surface area contributed by atoms with Crippen molar-refractivity contribution in [2.75, 3.05) is 0 Å². The van der Waals surface area contributed by atoms with Crippen LogP contribution in [0.15, 0.2) is 0 Å². The van der Waals surface area contributed by atoms with Gasteiger partial charge in [-0.3, -0.25) is 0 Å². The summed E-state index contributed by atoms with van der Waals surface area (Å²) in [4.78, 5) is 0. The van der Waals surface area contributed by atoms with Crippen molar-refractivity contribution in [3.05, 3.63) is 0 Å². The molecule has 0 bridgehead atoms. The maximum Gasteiger partial charge on any atom is 0.512 e. The number of hydrogen-bond donors (Lipinski definition) is 2. The molecule has 0 atom stereocenters. The van der Waals surface area contributed by atoms with Crippen LogP contribution in [0.1, 0.15) is 0 Å². The van der Waals surface area contributed by atoms with Crippen LogP contribution in [-0.4, -0.2) is 101 Å². The van der Waals surface area contributed by atoms with Crippen molar-refractivity contribution in [1.82, 2.24) is 8.25 Å². The van der Waals surface area contributed by atoms with E-state index in [0.29, 0.717) is 0 Å². The Morgan fingerprint density at radius 3 is 0.516 bits per heavy atom. The first-order valence-corrected chi connectivity index (χ1v) is 11.2. The average molecular weight is 650 g/mol. The van der Waals surface area contributed by atoms with Crippen LogP contribution in [0.4, 0.5) is 52.7 Å². The van der Waals surface area contributed by atoms with Gasteiger partial charge in [-0.05, 0) is 0 Å². The first kappa shape index (κ1) is 35.9.